The minimum atomic E-state index is 0.202. The molecule has 0 bridgehead atoms. The Labute approximate surface area is 95.8 Å². The lowest BCUT2D eigenvalue weighted by atomic mass is 10.1. The first-order valence-corrected chi connectivity index (χ1v) is 5.52. The van der Waals surface area contributed by atoms with Gasteiger partial charge in [0.15, 0.2) is 0 Å². The number of carbonyl (C=O) groups excluding carboxylic acids is 1. The second-order valence-electron chi connectivity index (χ2n) is 4.24. The number of likely N-dealkylation sites (tertiary alicyclic amines) is 1. The van der Waals surface area contributed by atoms with Crippen molar-refractivity contribution >= 4 is 5.91 Å². The van der Waals surface area contributed by atoms with Crippen molar-refractivity contribution in [2.75, 3.05) is 6.54 Å². The average molecular weight is 216 g/mol. The van der Waals surface area contributed by atoms with E-state index in [0.29, 0.717) is 18.9 Å². The summed E-state index contributed by atoms with van der Waals surface area (Å²) in [6.07, 6.45) is 2.46. The summed E-state index contributed by atoms with van der Waals surface area (Å²) in [6.45, 7) is 7.09. The van der Waals surface area contributed by atoms with Crippen molar-refractivity contribution in [1.82, 2.24) is 9.88 Å². The summed E-state index contributed by atoms with van der Waals surface area (Å²) in [5.74, 6) is 0.505. The van der Waals surface area contributed by atoms with E-state index in [1.165, 1.54) is 0 Å². The van der Waals surface area contributed by atoms with Gasteiger partial charge in [-0.25, -0.2) is 0 Å². The van der Waals surface area contributed by atoms with E-state index in [-0.39, 0.29) is 5.91 Å². The minimum Gasteiger partial charge on any atom is -0.336 e. The molecule has 0 aliphatic carbocycles. The van der Waals surface area contributed by atoms with Gasteiger partial charge in [-0.15, -0.1) is 6.58 Å². The fourth-order valence-electron chi connectivity index (χ4n) is 2.00. The standard InChI is InChI=1S/C13H16N2O/c1-3-11-7-13(16)15(8-11)9-12-6-4-5-10(2)14-12/h3-6,11H,1,7-9H2,2H3. The van der Waals surface area contributed by atoms with Crippen LogP contribution in [0.1, 0.15) is 17.8 Å². The first-order chi connectivity index (χ1) is 7.69. The van der Waals surface area contributed by atoms with Crippen LogP contribution in [0.4, 0.5) is 0 Å². The first kappa shape index (κ1) is 10.9. The molecule has 1 fully saturated rings. The van der Waals surface area contributed by atoms with E-state index < -0.39 is 0 Å². The lowest BCUT2D eigenvalue weighted by Crippen LogP contribution is -2.25. The van der Waals surface area contributed by atoms with Crippen LogP contribution in [0.25, 0.3) is 0 Å². The molecule has 1 unspecified atom stereocenters. The molecule has 1 aliphatic heterocycles. The number of aryl methyl sites for hydroxylation is 1. The molecule has 1 aliphatic rings. The second-order valence-corrected chi connectivity index (χ2v) is 4.24. The predicted octanol–water partition coefficient (Wildman–Crippen LogP) is 1.92. The van der Waals surface area contributed by atoms with Gasteiger partial charge in [0.25, 0.3) is 0 Å². The van der Waals surface area contributed by atoms with Crippen molar-refractivity contribution in [2.24, 2.45) is 5.92 Å². The lowest BCUT2D eigenvalue weighted by molar-refractivity contribution is -0.128. The van der Waals surface area contributed by atoms with Gasteiger partial charge in [-0.1, -0.05) is 12.1 Å². The summed E-state index contributed by atoms with van der Waals surface area (Å²) in [6, 6.07) is 5.90. The van der Waals surface area contributed by atoms with Crippen molar-refractivity contribution in [1.29, 1.82) is 0 Å². The van der Waals surface area contributed by atoms with Crippen LogP contribution in [-0.4, -0.2) is 22.3 Å². The Bertz CT molecular complexity index is 414. The number of pyridine rings is 1. The van der Waals surface area contributed by atoms with Crippen molar-refractivity contribution in [2.45, 2.75) is 19.9 Å². The van der Waals surface area contributed by atoms with Gasteiger partial charge >= 0.3 is 0 Å². The highest BCUT2D eigenvalue weighted by Crippen LogP contribution is 2.20. The van der Waals surface area contributed by atoms with Gasteiger partial charge in [0, 0.05) is 24.6 Å². The van der Waals surface area contributed by atoms with E-state index in [9.17, 15) is 4.79 Å². The zero-order valence-corrected chi connectivity index (χ0v) is 9.52. The van der Waals surface area contributed by atoms with Gasteiger partial charge < -0.3 is 4.90 Å². The predicted molar refractivity (Wildman–Crippen MR) is 62.7 cm³/mol. The number of amides is 1. The van der Waals surface area contributed by atoms with E-state index in [1.54, 1.807) is 0 Å². The minimum absolute atomic E-state index is 0.202. The third kappa shape index (κ3) is 2.30. The molecule has 16 heavy (non-hydrogen) atoms. The quantitative estimate of drug-likeness (QED) is 0.723. The average Bonchev–Trinajstić information content (AvgIpc) is 2.60. The van der Waals surface area contributed by atoms with Crippen molar-refractivity contribution in [3.63, 3.8) is 0 Å². The molecule has 2 heterocycles. The van der Waals surface area contributed by atoms with E-state index in [0.717, 1.165) is 17.9 Å². The zero-order chi connectivity index (χ0) is 11.5. The fourth-order valence-corrected chi connectivity index (χ4v) is 2.00. The Morgan fingerprint density at radius 2 is 2.44 bits per heavy atom. The molecule has 1 aromatic rings. The Morgan fingerprint density at radius 1 is 1.62 bits per heavy atom. The molecule has 1 atom stereocenters. The Balaban J connectivity index is 2.05. The first-order valence-electron chi connectivity index (χ1n) is 5.52. The summed E-state index contributed by atoms with van der Waals surface area (Å²) < 4.78 is 0. The molecular weight excluding hydrogens is 200 g/mol. The molecule has 84 valence electrons. The highest BCUT2D eigenvalue weighted by Gasteiger charge is 2.27. The molecule has 1 saturated heterocycles. The maximum atomic E-state index is 11.7. The van der Waals surface area contributed by atoms with Crippen molar-refractivity contribution in [3.8, 4) is 0 Å². The molecule has 0 radical (unpaired) electrons. The van der Waals surface area contributed by atoms with E-state index in [1.807, 2.05) is 36.1 Å². The van der Waals surface area contributed by atoms with Crippen LogP contribution in [0.3, 0.4) is 0 Å². The summed E-state index contributed by atoms with van der Waals surface area (Å²) in [4.78, 5) is 17.9. The second kappa shape index (κ2) is 4.47. The molecule has 3 nitrogen and oxygen atoms in total. The van der Waals surface area contributed by atoms with Gasteiger partial charge in [-0.2, -0.15) is 0 Å². The summed E-state index contributed by atoms with van der Waals surface area (Å²) in [5.41, 5.74) is 1.95. The summed E-state index contributed by atoms with van der Waals surface area (Å²) in [7, 11) is 0. The van der Waals surface area contributed by atoms with Crippen molar-refractivity contribution < 1.29 is 4.79 Å². The summed E-state index contributed by atoms with van der Waals surface area (Å²) in [5, 5.41) is 0. The zero-order valence-electron chi connectivity index (χ0n) is 9.52. The summed E-state index contributed by atoms with van der Waals surface area (Å²) >= 11 is 0. The maximum absolute atomic E-state index is 11.7. The largest absolute Gasteiger partial charge is 0.336 e. The molecule has 0 N–H and O–H groups in total. The third-order valence-electron chi connectivity index (χ3n) is 2.88. The normalized spacial score (nSPS) is 20.2. The van der Waals surface area contributed by atoms with Crippen LogP contribution in [0.5, 0.6) is 0 Å². The van der Waals surface area contributed by atoms with Gasteiger partial charge in [-0.3, -0.25) is 9.78 Å². The van der Waals surface area contributed by atoms with Gasteiger partial charge in [0.2, 0.25) is 5.91 Å². The van der Waals surface area contributed by atoms with Crippen molar-refractivity contribution in [3.05, 3.63) is 42.2 Å². The highest BCUT2D eigenvalue weighted by atomic mass is 16.2. The molecule has 1 aromatic heterocycles. The Hall–Kier alpha value is -1.64. The SMILES string of the molecule is C=CC1CC(=O)N(Cc2cccc(C)n2)C1. The number of rotatable bonds is 3. The molecule has 1 amide bonds. The maximum Gasteiger partial charge on any atom is 0.223 e. The van der Waals surface area contributed by atoms with Gasteiger partial charge in [0.1, 0.15) is 0 Å². The van der Waals surface area contributed by atoms with Crippen LogP contribution in [0, 0.1) is 12.8 Å². The number of carbonyl (C=O) groups is 1. The Kier molecular flexibility index (Phi) is 3.04. The molecule has 2 rings (SSSR count). The number of aromatic nitrogens is 1. The molecule has 0 saturated carbocycles. The number of nitrogens with zero attached hydrogens (tertiary/aromatic N) is 2. The monoisotopic (exact) mass is 216 g/mol. The highest BCUT2D eigenvalue weighted by molar-refractivity contribution is 5.78. The van der Waals surface area contributed by atoms with Gasteiger partial charge in [-0.05, 0) is 19.1 Å². The van der Waals surface area contributed by atoms with E-state index >= 15 is 0 Å². The van der Waals surface area contributed by atoms with E-state index in [2.05, 4.69) is 11.6 Å². The smallest absolute Gasteiger partial charge is 0.223 e. The molecule has 3 heteroatoms. The molecule has 0 aromatic carbocycles. The van der Waals surface area contributed by atoms with Gasteiger partial charge in [0.05, 0.1) is 12.2 Å². The fraction of sp³-hybridized carbons (Fsp3) is 0.385. The molecule has 0 spiro atoms. The van der Waals surface area contributed by atoms with Crippen LogP contribution < -0.4 is 0 Å². The molecular formula is C13H16N2O. The number of hydrogen-bond donors (Lipinski definition) is 0. The van der Waals surface area contributed by atoms with Crippen LogP contribution in [0.2, 0.25) is 0 Å². The number of hydrogen-bond acceptors (Lipinski definition) is 2. The van der Waals surface area contributed by atoms with E-state index in [4.69, 9.17) is 0 Å². The Morgan fingerprint density at radius 3 is 3.06 bits per heavy atom. The lowest BCUT2D eigenvalue weighted by Gasteiger charge is -2.15. The van der Waals surface area contributed by atoms with Crippen LogP contribution in [0.15, 0.2) is 30.9 Å². The van der Waals surface area contributed by atoms with Crippen LogP contribution >= 0.6 is 0 Å². The topological polar surface area (TPSA) is 33.2 Å². The van der Waals surface area contributed by atoms with Crippen LogP contribution in [-0.2, 0) is 11.3 Å². The third-order valence-corrected chi connectivity index (χ3v) is 2.88.